The van der Waals surface area contributed by atoms with Crippen LogP contribution in [0.2, 0.25) is 0 Å². The third kappa shape index (κ3) is 4.49. The van der Waals surface area contributed by atoms with Crippen molar-refractivity contribution in [2.75, 3.05) is 0 Å². The van der Waals surface area contributed by atoms with Gasteiger partial charge in [-0.15, -0.1) is 21.9 Å². The van der Waals surface area contributed by atoms with Crippen LogP contribution < -0.4 is 43.7 Å². The van der Waals surface area contributed by atoms with Gasteiger partial charge in [0.05, 0.1) is 0 Å². The Balaban J connectivity index is 1.49. The van der Waals surface area contributed by atoms with Crippen molar-refractivity contribution in [3.8, 4) is 44.5 Å². The van der Waals surface area contributed by atoms with Crippen LogP contribution in [0.5, 0.6) is 0 Å². The average Bonchev–Trinajstić information content (AvgIpc) is 3.36. The van der Waals surface area contributed by atoms with Gasteiger partial charge < -0.3 is 0 Å². The quantitative estimate of drug-likeness (QED) is 0.214. The molecule has 8 heteroatoms. The zero-order chi connectivity index (χ0) is 34.5. The first-order valence-electron chi connectivity index (χ1n) is 16.1. The molecule has 0 atom stereocenters. The van der Waals surface area contributed by atoms with E-state index in [4.69, 9.17) is 62.8 Å². The monoisotopic (exact) mass is 602 g/mol. The van der Waals surface area contributed by atoms with Gasteiger partial charge >= 0.3 is 0 Å². The summed E-state index contributed by atoms with van der Waals surface area (Å²) < 4.78 is 0. The maximum Gasteiger partial charge on any atom is 0.113 e. The highest BCUT2D eigenvalue weighted by molar-refractivity contribution is 6.71. The molecule has 0 aromatic heterocycles. The number of fused-ring (bicyclic) bond motifs is 5. The van der Waals surface area contributed by atoms with E-state index in [1.165, 1.54) is 22.3 Å². The van der Waals surface area contributed by atoms with Gasteiger partial charge in [-0.2, -0.15) is 0 Å². The SMILES string of the molecule is [B]c1c([B])c([B])c2c(-c3cccc(-c4ccc5c(c4)C(C)(C)c4ccccc4-5)c3)c3c([B])c([B])c([B])c([B])c3c(-c3ccccc3)c2c1[B]. The van der Waals surface area contributed by atoms with Gasteiger partial charge in [0.25, 0.3) is 0 Å². The standard InChI is InChI=1S/C41H22B8/c1-41(2)25-14-7-6-13-23(25)24-16-15-21(18-26(24)41)20-11-8-12-22(17-20)28-31-29(33(42)37(46)39(48)35(31)44)27(19-9-4-3-5-10-19)30-32(28)36(45)40(49)38(47)34(30)43/h3-18H,1-2H3. The fraction of sp³-hybridized carbons (Fsp3) is 0.0732. The van der Waals surface area contributed by atoms with Crippen molar-refractivity contribution >= 4 is 128 Å². The number of benzene rings is 7. The van der Waals surface area contributed by atoms with Gasteiger partial charge in [-0.25, -0.2) is 0 Å². The second-order valence-corrected chi connectivity index (χ2v) is 13.4. The summed E-state index contributed by atoms with van der Waals surface area (Å²) in [5.74, 6) is 0. The molecule has 7 aromatic carbocycles. The maximum atomic E-state index is 6.91. The molecule has 8 rings (SSSR count). The van der Waals surface area contributed by atoms with Crippen LogP contribution in [0.4, 0.5) is 0 Å². The molecular formula is C41H22B8. The van der Waals surface area contributed by atoms with E-state index >= 15 is 0 Å². The Morgan fingerprint density at radius 3 is 1.35 bits per heavy atom. The fourth-order valence-corrected chi connectivity index (χ4v) is 7.87. The molecule has 49 heavy (non-hydrogen) atoms. The molecule has 210 valence electrons. The minimum absolute atomic E-state index is 0.147. The van der Waals surface area contributed by atoms with Crippen LogP contribution in [0.15, 0.2) is 97.1 Å². The van der Waals surface area contributed by atoms with Gasteiger partial charge in [-0.3, -0.25) is 0 Å². The predicted molar refractivity (Wildman–Crippen MR) is 218 cm³/mol. The van der Waals surface area contributed by atoms with Crippen molar-refractivity contribution in [2.45, 2.75) is 19.3 Å². The lowest BCUT2D eigenvalue weighted by atomic mass is 9.59. The summed E-state index contributed by atoms with van der Waals surface area (Å²) in [4.78, 5) is 0. The van der Waals surface area contributed by atoms with E-state index in [0.29, 0.717) is 32.7 Å². The Bertz CT molecular complexity index is 2470. The minimum atomic E-state index is -0.147. The van der Waals surface area contributed by atoms with E-state index in [1.54, 1.807) is 0 Å². The molecule has 0 bridgehead atoms. The molecule has 7 aromatic rings. The van der Waals surface area contributed by atoms with Gasteiger partial charge in [0, 0.05) is 5.41 Å². The molecule has 1 aliphatic carbocycles. The highest BCUT2D eigenvalue weighted by Crippen LogP contribution is 2.50. The topological polar surface area (TPSA) is 0 Å². The van der Waals surface area contributed by atoms with E-state index < -0.39 is 0 Å². The molecule has 0 saturated heterocycles. The Morgan fingerprint density at radius 2 is 0.776 bits per heavy atom. The molecule has 0 amide bonds. The van der Waals surface area contributed by atoms with Crippen molar-refractivity contribution in [3.05, 3.63) is 108 Å². The first kappa shape index (κ1) is 31.8. The Labute approximate surface area is 298 Å². The molecule has 0 N–H and O–H groups in total. The minimum Gasteiger partial charge on any atom is -0.110 e. The summed E-state index contributed by atoms with van der Waals surface area (Å²) in [6, 6.07) is 33.3. The van der Waals surface area contributed by atoms with Gasteiger partial charge in [-0.05, 0) is 89.3 Å². The molecule has 16 radical (unpaired) electrons. The van der Waals surface area contributed by atoms with Gasteiger partial charge in [0.1, 0.15) is 62.8 Å². The zero-order valence-corrected chi connectivity index (χ0v) is 27.4. The summed E-state index contributed by atoms with van der Waals surface area (Å²) >= 11 is 0. The zero-order valence-electron chi connectivity index (χ0n) is 27.4. The van der Waals surface area contributed by atoms with Crippen molar-refractivity contribution in [1.82, 2.24) is 0 Å². The first-order valence-corrected chi connectivity index (χ1v) is 16.1. The maximum absolute atomic E-state index is 6.91. The molecule has 0 saturated carbocycles. The lowest BCUT2D eigenvalue weighted by Crippen LogP contribution is -2.50. The second-order valence-electron chi connectivity index (χ2n) is 13.4. The molecule has 0 spiro atoms. The Morgan fingerprint density at radius 1 is 0.347 bits per heavy atom. The third-order valence-corrected chi connectivity index (χ3v) is 10.4. The number of rotatable bonds is 3. The van der Waals surface area contributed by atoms with Crippen LogP contribution in [0.1, 0.15) is 25.0 Å². The van der Waals surface area contributed by atoms with Crippen molar-refractivity contribution in [3.63, 3.8) is 0 Å². The Kier molecular flexibility index (Phi) is 7.35. The van der Waals surface area contributed by atoms with Crippen LogP contribution in [0.3, 0.4) is 0 Å². The molecule has 0 unspecified atom stereocenters. The van der Waals surface area contributed by atoms with E-state index in [-0.39, 0.29) is 49.1 Å². The summed E-state index contributed by atoms with van der Waals surface area (Å²) in [5.41, 5.74) is 12.0. The van der Waals surface area contributed by atoms with Crippen molar-refractivity contribution in [2.24, 2.45) is 0 Å². The lowest BCUT2D eigenvalue weighted by Gasteiger charge is -2.28. The van der Waals surface area contributed by atoms with E-state index in [9.17, 15) is 0 Å². The molecule has 0 fully saturated rings. The third-order valence-electron chi connectivity index (χ3n) is 10.4. The van der Waals surface area contributed by atoms with Crippen LogP contribution in [0, 0.1) is 0 Å². The van der Waals surface area contributed by atoms with Crippen molar-refractivity contribution < 1.29 is 0 Å². The van der Waals surface area contributed by atoms with Gasteiger partial charge in [-0.1, -0.05) is 121 Å². The largest absolute Gasteiger partial charge is 0.113 e. The smallest absolute Gasteiger partial charge is 0.110 e. The summed E-state index contributed by atoms with van der Waals surface area (Å²) in [5, 5.41) is 2.42. The van der Waals surface area contributed by atoms with Crippen LogP contribution >= 0.6 is 0 Å². The number of hydrogen-bond donors (Lipinski definition) is 0. The van der Waals surface area contributed by atoms with E-state index in [1.807, 2.05) is 42.5 Å². The highest BCUT2D eigenvalue weighted by Gasteiger charge is 2.35. The molecule has 0 aliphatic heterocycles. The normalized spacial score (nSPS) is 13.1. The van der Waals surface area contributed by atoms with Crippen LogP contribution in [0.25, 0.3) is 66.1 Å². The summed E-state index contributed by atoms with van der Waals surface area (Å²) in [6.07, 6.45) is 0. The molecule has 0 heterocycles. The molecule has 0 nitrogen and oxygen atoms in total. The van der Waals surface area contributed by atoms with Crippen LogP contribution in [-0.4, -0.2) is 62.8 Å². The number of hydrogen-bond acceptors (Lipinski definition) is 0. The van der Waals surface area contributed by atoms with Crippen molar-refractivity contribution in [1.29, 1.82) is 0 Å². The average molecular weight is 601 g/mol. The van der Waals surface area contributed by atoms with E-state index in [0.717, 1.165) is 22.3 Å². The summed E-state index contributed by atoms with van der Waals surface area (Å²) in [6.45, 7) is 4.55. The molecule has 1 aliphatic rings. The second kappa shape index (κ2) is 11.3. The fourth-order valence-electron chi connectivity index (χ4n) is 7.87. The first-order chi connectivity index (χ1) is 23.4. The van der Waals surface area contributed by atoms with Crippen LogP contribution in [-0.2, 0) is 5.41 Å². The Hall–Kier alpha value is -4.42. The van der Waals surface area contributed by atoms with Gasteiger partial charge in [0.15, 0.2) is 0 Å². The van der Waals surface area contributed by atoms with E-state index in [2.05, 4.69) is 68.4 Å². The lowest BCUT2D eigenvalue weighted by molar-refractivity contribution is 0.660. The molecular weight excluding hydrogens is 579 g/mol. The predicted octanol–water partition coefficient (Wildman–Crippen LogP) is 1.65. The van der Waals surface area contributed by atoms with Gasteiger partial charge in [0.2, 0.25) is 0 Å². The highest BCUT2D eigenvalue weighted by atomic mass is 14.4. The summed E-state index contributed by atoms with van der Waals surface area (Å²) in [7, 11) is 53.7.